The van der Waals surface area contributed by atoms with Gasteiger partial charge in [-0.15, -0.1) is 0 Å². The minimum absolute atomic E-state index is 0.500. The lowest BCUT2D eigenvalue weighted by Gasteiger charge is -2.14. The van der Waals surface area contributed by atoms with Crippen LogP contribution in [0.4, 0.5) is 28.8 Å². The minimum Gasteiger partial charge on any atom is -0.378 e. The fourth-order valence-electron chi connectivity index (χ4n) is 2.49. The monoisotopic (exact) mass is 344 g/mol. The SMILES string of the molecule is Cc1cc(Nc2ccccc2C#N)nc(Nc2ccc(N(C)C)cc2)n1. The molecule has 0 radical (unpaired) electrons. The van der Waals surface area contributed by atoms with E-state index in [4.69, 9.17) is 0 Å². The number of anilines is 5. The van der Waals surface area contributed by atoms with E-state index in [1.165, 1.54) is 0 Å². The molecule has 0 aliphatic carbocycles. The highest BCUT2D eigenvalue weighted by molar-refractivity contribution is 5.66. The van der Waals surface area contributed by atoms with Crippen LogP contribution >= 0.6 is 0 Å². The number of hydrogen-bond acceptors (Lipinski definition) is 6. The highest BCUT2D eigenvalue weighted by atomic mass is 15.1. The third-order valence-electron chi connectivity index (χ3n) is 3.80. The van der Waals surface area contributed by atoms with Crippen LogP contribution in [0.1, 0.15) is 11.3 Å². The first-order valence-corrected chi connectivity index (χ1v) is 8.21. The summed E-state index contributed by atoms with van der Waals surface area (Å²) in [6, 6.07) is 19.4. The van der Waals surface area contributed by atoms with Crippen LogP contribution in [0.5, 0.6) is 0 Å². The van der Waals surface area contributed by atoms with Gasteiger partial charge in [-0.2, -0.15) is 10.2 Å². The third-order valence-corrected chi connectivity index (χ3v) is 3.80. The van der Waals surface area contributed by atoms with Crippen molar-refractivity contribution in [1.29, 1.82) is 5.26 Å². The van der Waals surface area contributed by atoms with E-state index in [2.05, 4.69) is 26.7 Å². The largest absolute Gasteiger partial charge is 0.378 e. The number of nitrogens with zero attached hydrogens (tertiary/aromatic N) is 4. The van der Waals surface area contributed by atoms with E-state index in [1.54, 1.807) is 6.07 Å². The molecule has 3 aromatic rings. The Kier molecular flexibility index (Phi) is 4.99. The molecule has 6 heteroatoms. The lowest BCUT2D eigenvalue weighted by molar-refractivity contribution is 1.10. The number of nitrogens with one attached hydrogen (secondary N) is 2. The molecule has 6 nitrogen and oxygen atoms in total. The standard InChI is InChI=1S/C20H20N6/c1-14-12-19(24-18-7-5-4-6-15(18)13-21)25-20(22-14)23-16-8-10-17(11-9-16)26(2)3/h4-12H,1-3H3,(H2,22,23,24,25). The molecule has 1 heterocycles. The van der Waals surface area contributed by atoms with Gasteiger partial charge in [0.25, 0.3) is 0 Å². The maximum absolute atomic E-state index is 9.22. The number of nitriles is 1. The molecule has 2 N–H and O–H groups in total. The molecular weight excluding hydrogens is 324 g/mol. The molecule has 0 aliphatic heterocycles. The third kappa shape index (κ3) is 4.08. The number of hydrogen-bond donors (Lipinski definition) is 2. The number of para-hydroxylation sites is 1. The van der Waals surface area contributed by atoms with E-state index in [1.807, 2.05) is 74.4 Å². The van der Waals surface area contributed by atoms with Crippen LogP contribution < -0.4 is 15.5 Å². The summed E-state index contributed by atoms with van der Waals surface area (Å²) in [7, 11) is 4.01. The van der Waals surface area contributed by atoms with Crippen LogP contribution in [0, 0.1) is 18.3 Å². The zero-order valence-electron chi connectivity index (χ0n) is 15.0. The number of aromatic nitrogens is 2. The Morgan fingerprint density at radius 1 is 0.962 bits per heavy atom. The molecule has 0 aliphatic rings. The molecular formula is C20H20N6. The maximum Gasteiger partial charge on any atom is 0.229 e. The Bertz CT molecular complexity index is 941. The van der Waals surface area contributed by atoms with E-state index in [-0.39, 0.29) is 0 Å². The van der Waals surface area contributed by atoms with Gasteiger partial charge in [0.05, 0.1) is 11.3 Å². The van der Waals surface area contributed by atoms with Gasteiger partial charge in [0.2, 0.25) is 5.95 Å². The average Bonchev–Trinajstić information content (AvgIpc) is 2.62. The summed E-state index contributed by atoms with van der Waals surface area (Å²) in [6.07, 6.45) is 0. The van der Waals surface area contributed by atoms with E-state index in [0.29, 0.717) is 17.3 Å². The van der Waals surface area contributed by atoms with Crippen LogP contribution in [0.15, 0.2) is 54.6 Å². The summed E-state index contributed by atoms with van der Waals surface area (Å²) in [5.74, 6) is 1.13. The molecule has 0 saturated carbocycles. The smallest absolute Gasteiger partial charge is 0.229 e. The van der Waals surface area contributed by atoms with Gasteiger partial charge in [0.1, 0.15) is 11.9 Å². The second kappa shape index (κ2) is 7.53. The number of aryl methyl sites for hydroxylation is 1. The molecule has 26 heavy (non-hydrogen) atoms. The summed E-state index contributed by atoms with van der Waals surface area (Å²) >= 11 is 0. The van der Waals surface area contributed by atoms with Crippen molar-refractivity contribution in [2.24, 2.45) is 0 Å². The number of benzene rings is 2. The van der Waals surface area contributed by atoms with E-state index in [9.17, 15) is 5.26 Å². The van der Waals surface area contributed by atoms with Crippen LogP contribution in [0.25, 0.3) is 0 Å². The van der Waals surface area contributed by atoms with Crippen molar-refractivity contribution < 1.29 is 0 Å². The predicted octanol–water partition coefficient (Wildman–Crippen LogP) is 4.21. The summed E-state index contributed by atoms with van der Waals surface area (Å²) in [4.78, 5) is 11.0. The highest BCUT2D eigenvalue weighted by Crippen LogP contribution is 2.22. The number of rotatable bonds is 5. The molecule has 1 aromatic heterocycles. The van der Waals surface area contributed by atoms with Gasteiger partial charge in [0, 0.05) is 37.2 Å². The quantitative estimate of drug-likeness (QED) is 0.722. The van der Waals surface area contributed by atoms with E-state index in [0.717, 1.165) is 22.8 Å². The fourth-order valence-corrected chi connectivity index (χ4v) is 2.49. The van der Waals surface area contributed by atoms with Gasteiger partial charge in [-0.25, -0.2) is 4.98 Å². The van der Waals surface area contributed by atoms with Gasteiger partial charge in [-0.1, -0.05) is 12.1 Å². The van der Waals surface area contributed by atoms with Gasteiger partial charge >= 0.3 is 0 Å². The van der Waals surface area contributed by atoms with Crippen molar-refractivity contribution in [3.05, 3.63) is 65.9 Å². The van der Waals surface area contributed by atoms with Crippen molar-refractivity contribution >= 4 is 28.8 Å². The minimum atomic E-state index is 0.500. The molecule has 0 saturated heterocycles. The van der Waals surface area contributed by atoms with Crippen LogP contribution in [-0.2, 0) is 0 Å². The molecule has 0 bridgehead atoms. The van der Waals surface area contributed by atoms with E-state index < -0.39 is 0 Å². The Balaban J connectivity index is 1.82. The zero-order chi connectivity index (χ0) is 18.5. The molecule has 0 amide bonds. The van der Waals surface area contributed by atoms with Gasteiger partial charge in [-0.3, -0.25) is 0 Å². The molecule has 130 valence electrons. The van der Waals surface area contributed by atoms with Crippen LogP contribution in [0.3, 0.4) is 0 Å². The molecule has 0 atom stereocenters. The van der Waals surface area contributed by atoms with Gasteiger partial charge < -0.3 is 15.5 Å². The topological polar surface area (TPSA) is 76.9 Å². The lowest BCUT2D eigenvalue weighted by Crippen LogP contribution is -2.08. The van der Waals surface area contributed by atoms with Crippen molar-refractivity contribution in [1.82, 2.24) is 9.97 Å². The predicted molar refractivity (Wildman–Crippen MR) is 105 cm³/mol. The van der Waals surface area contributed by atoms with Crippen molar-refractivity contribution in [3.8, 4) is 6.07 Å². The Morgan fingerprint density at radius 3 is 2.38 bits per heavy atom. The highest BCUT2D eigenvalue weighted by Gasteiger charge is 2.06. The molecule has 0 fully saturated rings. The van der Waals surface area contributed by atoms with E-state index >= 15 is 0 Å². The van der Waals surface area contributed by atoms with Crippen molar-refractivity contribution in [3.63, 3.8) is 0 Å². The normalized spacial score (nSPS) is 10.1. The summed E-state index contributed by atoms with van der Waals surface area (Å²) < 4.78 is 0. The zero-order valence-corrected chi connectivity index (χ0v) is 15.0. The van der Waals surface area contributed by atoms with Crippen molar-refractivity contribution in [2.45, 2.75) is 6.92 Å². The summed E-state index contributed by atoms with van der Waals surface area (Å²) in [5.41, 5.74) is 4.14. The molecule has 0 unspecified atom stereocenters. The first-order chi connectivity index (χ1) is 12.5. The second-order valence-corrected chi connectivity index (χ2v) is 6.07. The molecule has 2 aromatic carbocycles. The maximum atomic E-state index is 9.22. The van der Waals surface area contributed by atoms with Crippen LogP contribution in [-0.4, -0.2) is 24.1 Å². The second-order valence-electron chi connectivity index (χ2n) is 6.07. The van der Waals surface area contributed by atoms with Gasteiger partial charge in [-0.05, 0) is 43.3 Å². The Morgan fingerprint density at radius 2 is 1.69 bits per heavy atom. The average molecular weight is 344 g/mol. The fraction of sp³-hybridized carbons (Fsp3) is 0.150. The van der Waals surface area contributed by atoms with Crippen molar-refractivity contribution in [2.75, 3.05) is 29.6 Å². The lowest BCUT2D eigenvalue weighted by atomic mass is 10.2. The van der Waals surface area contributed by atoms with Crippen LogP contribution in [0.2, 0.25) is 0 Å². The first kappa shape index (κ1) is 17.2. The molecule has 3 rings (SSSR count). The summed E-state index contributed by atoms with van der Waals surface area (Å²) in [6.45, 7) is 1.91. The Labute approximate surface area is 153 Å². The molecule has 0 spiro atoms. The first-order valence-electron chi connectivity index (χ1n) is 8.21. The van der Waals surface area contributed by atoms with Gasteiger partial charge in [0.15, 0.2) is 0 Å². The Hall–Kier alpha value is -3.59. The summed E-state index contributed by atoms with van der Waals surface area (Å²) in [5, 5.41) is 15.6.